The summed E-state index contributed by atoms with van der Waals surface area (Å²) in [5.74, 6) is 0.0432. The first-order valence-electron chi connectivity index (χ1n) is 6.72. The summed E-state index contributed by atoms with van der Waals surface area (Å²) < 4.78 is 5.77. The number of hydrogen-bond donors (Lipinski definition) is 0. The van der Waals surface area contributed by atoms with Crippen molar-refractivity contribution < 1.29 is 9.53 Å². The van der Waals surface area contributed by atoms with E-state index in [4.69, 9.17) is 16.3 Å². The molecule has 2 nitrogen and oxygen atoms in total. The molecule has 2 aromatic carbocycles. The van der Waals surface area contributed by atoms with Gasteiger partial charge in [-0.15, -0.1) is 0 Å². The highest BCUT2D eigenvalue weighted by molar-refractivity contribution is 6.30. The molecule has 1 fully saturated rings. The van der Waals surface area contributed by atoms with E-state index in [-0.39, 0.29) is 17.8 Å². The molecule has 1 heterocycles. The minimum atomic E-state index is -0.167. The van der Waals surface area contributed by atoms with Crippen molar-refractivity contribution in [1.29, 1.82) is 0 Å². The normalized spacial score (nSPS) is 21.9. The lowest BCUT2D eigenvalue weighted by molar-refractivity contribution is 0.0701. The van der Waals surface area contributed by atoms with Gasteiger partial charge in [0.2, 0.25) is 0 Å². The van der Waals surface area contributed by atoms with Gasteiger partial charge >= 0.3 is 0 Å². The van der Waals surface area contributed by atoms with Gasteiger partial charge in [0.15, 0.2) is 5.78 Å². The monoisotopic (exact) mass is 286 g/mol. The number of rotatable bonds is 3. The van der Waals surface area contributed by atoms with E-state index < -0.39 is 0 Å². The van der Waals surface area contributed by atoms with Gasteiger partial charge in [0, 0.05) is 17.2 Å². The van der Waals surface area contributed by atoms with E-state index in [1.165, 1.54) is 0 Å². The Bertz CT molecular complexity index is 592. The highest BCUT2D eigenvalue weighted by Gasteiger charge is 2.35. The average molecular weight is 287 g/mol. The molecule has 0 spiro atoms. The van der Waals surface area contributed by atoms with Crippen LogP contribution in [0.15, 0.2) is 54.6 Å². The third kappa shape index (κ3) is 2.62. The van der Waals surface area contributed by atoms with Crippen LogP contribution in [-0.4, -0.2) is 12.4 Å². The van der Waals surface area contributed by atoms with E-state index in [9.17, 15) is 4.79 Å². The minimum Gasteiger partial charge on any atom is -0.373 e. The summed E-state index contributed by atoms with van der Waals surface area (Å²) in [6, 6.07) is 17.0. The second-order valence-electron chi connectivity index (χ2n) is 4.97. The lowest BCUT2D eigenvalue weighted by Gasteiger charge is -2.18. The number of hydrogen-bond acceptors (Lipinski definition) is 2. The fourth-order valence-corrected chi connectivity index (χ4v) is 2.78. The van der Waals surface area contributed by atoms with Gasteiger partial charge in [-0.1, -0.05) is 54.1 Å². The van der Waals surface area contributed by atoms with E-state index in [1.54, 1.807) is 0 Å². The van der Waals surface area contributed by atoms with Crippen molar-refractivity contribution in [3.8, 4) is 0 Å². The molecule has 3 rings (SSSR count). The summed E-state index contributed by atoms with van der Waals surface area (Å²) in [5, 5.41) is 0.692. The zero-order valence-electron chi connectivity index (χ0n) is 11.0. The van der Waals surface area contributed by atoms with Gasteiger partial charge in [0.05, 0.1) is 12.0 Å². The molecule has 0 aliphatic carbocycles. The number of ether oxygens (including phenoxy) is 1. The van der Waals surface area contributed by atoms with Crippen LogP contribution in [0, 0.1) is 5.92 Å². The van der Waals surface area contributed by atoms with E-state index in [0.717, 1.165) is 17.5 Å². The lowest BCUT2D eigenvalue weighted by atomic mass is 9.88. The molecule has 0 unspecified atom stereocenters. The molecule has 0 saturated carbocycles. The number of ketones is 1. The van der Waals surface area contributed by atoms with Crippen molar-refractivity contribution in [3.63, 3.8) is 0 Å². The van der Waals surface area contributed by atoms with Crippen LogP contribution in [0.2, 0.25) is 5.02 Å². The van der Waals surface area contributed by atoms with Crippen molar-refractivity contribution in [1.82, 2.24) is 0 Å². The molecule has 1 aliphatic rings. The number of benzene rings is 2. The molecule has 0 amide bonds. The van der Waals surface area contributed by atoms with Crippen molar-refractivity contribution in [2.45, 2.75) is 12.5 Å². The van der Waals surface area contributed by atoms with E-state index in [0.29, 0.717) is 11.6 Å². The van der Waals surface area contributed by atoms with Crippen molar-refractivity contribution in [2.24, 2.45) is 5.92 Å². The first-order chi connectivity index (χ1) is 9.75. The molecule has 0 radical (unpaired) electrons. The topological polar surface area (TPSA) is 26.3 Å². The maximum Gasteiger partial charge on any atom is 0.168 e. The van der Waals surface area contributed by atoms with E-state index >= 15 is 0 Å². The second-order valence-corrected chi connectivity index (χ2v) is 5.40. The van der Waals surface area contributed by atoms with Crippen LogP contribution >= 0.6 is 11.6 Å². The Morgan fingerprint density at radius 3 is 2.45 bits per heavy atom. The smallest absolute Gasteiger partial charge is 0.168 e. The maximum atomic E-state index is 12.6. The first-order valence-corrected chi connectivity index (χ1v) is 7.10. The zero-order valence-corrected chi connectivity index (χ0v) is 11.7. The summed E-state index contributed by atoms with van der Waals surface area (Å²) in [6.45, 7) is 0.622. The maximum absolute atomic E-state index is 12.6. The number of carbonyl (C=O) groups excluding carboxylic acids is 1. The van der Waals surface area contributed by atoms with Gasteiger partial charge in [-0.05, 0) is 24.1 Å². The Labute approximate surface area is 123 Å². The SMILES string of the molecule is O=C(c1ccccc1)[C@@H]1CCO[C@@H]1c1ccc(Cl)cc1. The average Bonchev–Trinajstić information content (AvgIpc) is 2.97. The summed E-state index contributed by atoms with van der Waals surface area (Å²) in [4.78, 5) is 12.6. The molecular weight excluding hydrogens is 272 g/mol. The van der Waals surface area contributed by atoms with Crippen LogP contribution in [0.1, 0.15) is 28.4 Å². The minimum absolute atomic E-state index is 0.112. The summed E-state index contributed by atoms with van der Waals surface area (Å²) in [7, 11) is 0. The molecule has 0 bridgehead atoms. The molecule has 2 aromatic rings. The largest absolute Gasteiger partial charge is 0.373 e. The van der Waals surface area contributed by atoms with Crippen LogP contribution in [0.4, 0.5) is 0 Å². The number of Topliss-reactive ketones (excluding diaryl/α,β-unsaturated/α-hetero) is 1. The van der Waals surface area contributed by atoms with Gasteiger partial charge in [0.1, 0.15) is 0 Å². The Balaban J connectivity index is 1.86. The predicted octanol–water partition coefficient (Wildman–Crippen LogP) is 4.30. The van der Waals surface area contributed by atoms with Crippen LogP contribution < -0.4 is 0 Å². The third-order valence-electron chi connectivity index (χ3n) is 3.69. The van der Waals surface area contributed by atoms with Crippen LogP contribution in [-0.2, 0) is 4.74 Å². The standard InChI is InChI=1S/C17H15ClO2/c18-14-8-6-13(7-9-14)17-15(10-11-20-17)16(19)12-4-2-1-3-5-12/h1-9,15,17H,10-11H2/t15-,17+/m0/s1. The highest BCUT2D eigenvalue weighted by atomic mass is 35.5. The molecule has 20 heavy (non-hydrogen) atoms. The quantitative estimate of drug-likeness (QED) is 0.786. The second kappa shape index (κ2) is 5.78. The molecule has 102 valence electrons. The Hall–Kier alpha value is -1.64. The Kier molecular flexibility index (Phi) is 3.86. The van der Waals surface area contributed by atoms with Gasteiger partial charge in [-0.3, -0.25) is 4.79 Å². The van der Waals surface area contributed by atoms with Crippen molar-refractivity contribution in [3.05, 3.63) is 70.7 Å². The number of halogens is 1. The Morgan fingerprint density at radius 2 is 1.75 bits per heavy atom. The first kappa shape index (κ1) is 13.3. The highest BCUT2D eigenvalue weighted by Crippen LogP contribution is 2.36. The molecule has 0 N–H and O–H groups in total. The van der Waals surface area contributed by atoms with Crippen molar-refractivity contribution in [2.75, 3.05) is 6.61 Å². The van der Waals surface area contributed by atoms with Crippen LogP contribution in [0.5, 0.6) is 0 Å². The summed E-state index contributed by atoms with van der Waals surface area (Å²) >= 11 is 5.91. The number of carbonyl (C=O) groups is 1. The molecule has 3 heteroatoms. The molecular formula is C17H15ClO2. The van der Waals surface area contributed by atoms with E-state index in [1.807, 2.05) is 54.6 Å². The van der Waals surface area contributed by atoms with E-state index in [2.05, 4.69) is 0 Å². The lowest BCUT2D eigenvalue weighted by Crippen LogP contribution is -2.18. The summed E-state index contributed by atoms with van der Waals surface area (Å²) in [6.07, 6.45) is 0.598. The van der Waals surface area contributed by atoms with Gasteiger partial charge < -0.3 is 4.74 Å². The molecule has 2 atom stereocenters. The molecule has 0 aromatic heterocycles. The van der Waals surface area contributed by atoms with Crippen LogP contribution in [0.25, 0.3) is 0 Å². The predicted molar refractivity (Wildman–Crippen MR) is 79.0 cm³/mol. The fourth-order valence-electron chi connectivity index (χ4n) is 2.66. The fraction of sp³-hybridized carbons (Fsp3) is 0.235. The Morgan fingerprint density at radius 1 is 1.05 bits per heavy atom. The van der Waals surface area contributed by atoms with Gasteiger partial charge in [-0.2, -0.15) is 0 Å². The molecule has 1 aliphatic heterocycles. The van der Waals surface area contributed by atoms with Gasteiger partial charge in [-0.25, -0.2) is 0 Å². The zero-order chi connectivity index (χ0) is 13.9. The molecule has 1 saturated heterocycles. The van der Waals surface area contributed by atoms with Gasteiger partial charge in [0.25, 0.3) is 0 Å². The summed E-state index contributed by atoms with van der Waals surface area (Å²) in [5.41, 5.74) is 1.77. The van der Waals surface area contributed by atoms with Crippen LogP contribution in [0.3, 0.4) is 0 Å². The van der Waals surface area contributed by atoms with Crippen molar-refractivity contribution >= 4 is 17.4 Å². The third-order valence-corrected chi connectivity index (χ3v) is 3.94.